The van der Waals surface area contributed by atoms with Crippen molar-refractivity contribution in [1.29, 1.82) is 0 Å². The predicted octanol–water partition coefficient (Wildman–Crippen LogP) is 1.75. The summed E-state index contributed by atoms with van der Waals surface area (Å²) in [7, 11) is -3.22. The third-order valence-electron chi connectivity index (χ3n) is 3.50. The van der Waals surface area contributed by atoms with Crippen molar-refractivity contribution >= 4 is 15.7 Å². The second-order valence-corrected chi connectivity index (χ2v) is 7.29. The first kappa shape index (κ1) is 14.3. The molecular weight excluding hydrogens is 260 g/mol. The lowest BCUT2D eigenvalue weighted by atomic mass is 9.96. The van der Waals surface area contributed by atoms with E-state index in [0.29, 0.717) is 25.4 Å². The zero-order valence-corrected chi connectivity index (χ0v) is 12.2. The van der Waals surface area contributed by atoms with Gasteiger partial charge in [-0.15, -0.1) is 0 Å². The quantitative estimate of drug-likeness (QED) is 0.837. The van der Waals surface area contributed by atoms with Crippen molar-refractivity contribution < 1.29 is 8.42 Å². The molecular formula is C14H22N2O2S. The first-order chi connectivity index (χ1) is 9.04. The third kappa shape index (κ3) is 3.28. The highest BCUT2D eigenvalue weighted by atomic mass is 32.2. The van der Waals surface area contributed by atoms with Crippen LogP contribution in [0.3, 0.4) is 0 Å². The molecule has 0 amide bonds. The van der Waals surface area contributed by atoms with Crippen LogP contribution in [0, 0.1) is 5.92 Å². The lowest BCUT2D eigenvalue weighted by Gasteiger charge is -2.33. The molecule has 1 aliphatic heterocycles. The first-order valence-electron chi connectivity index (χ1n) is 6.83. The van der Waals surface area contributed by atoms with Crippen molar-refractivity contribution in [2.24, 2.45) is 11.7 Å². The summed E-state index contributed by atoms with van der Waals surface area (Å²) in [4.78, 5) is 0. The molecule has 0 saturated heterocycles. The molecule has 0 saturated carbocycles. The number of anilines is 1. The van der Waals surface area contributed by atoms with Gasteiger partial charge in [-0.1, -0.05) is 25.1 Å². The van der Waals surface area contributed by atoms with Crippen LogP contribution in [0.4, 0.5) is 5.69 Å². The number of nitrogens with two attached hydrogens (primary N) is 1. The highest BCUT2D eigenvalue weighted by Crippen LogP contribution is 2.31. The summed E-state index contributed by atoms with van der Waals surface area (Å²) in [5.41, 5.74) is 7.41. The minimum absolute atomic E-state index is 0.186. The summed E-state index contributed by atoms with van der Waals surface area (Å²) >= 11 is 0. The first-order valence-corrected chi connectivity index (χ1v) is 8.44. The largest absolute Gasteiger partial charge is 0.330 e. The Morgan fingerprint density at radius 1 is 1.32 bits per heavy atom. The van der Waals surface area contributed by atoms with E-state index in [-0.39, 0.29) is 5.75 Å². The minimum Gasteiger partial charge on any atom is -0.330 e. The van der Waals surface area contributed by atoms with Crippen molar-refractivity contribution in [3.8, 4) is 0 Å². The minimum atomic E-state index is -3.22. The van der Waals surface area contributed by atoms with Crippen LogP contribution in [-0.2, 0) is 16.4 Å². The number of rotatable bonds is 5. The number of benzene rings is 1. The Morgan fingerprint density at radius 2 is 2.05 bits per heavy atom. The number of fused-ring (bicyclic) bond motifs is 1. The molecule has 0 aliphatic carbocycles. The molecule has 0 bridgehead atoms. The molecule has 2 N–H and O–H groups in total. The molecule has 1 aliphatic rings. The molecule has 2 rings (SSSR count). The van der Waals surface area contributed by atoms with E-state index in [1.165, 1.54) is 0 Å². The van der Waals surface area contributed by atoms with Crippen LogP contribution >= 0.6 is 0 Å². The van der Waals surface area contributed by atoms with Crippen LogP contribution < -0.4 is 10.0 Å². The second kappa shape index (κ2) is 5.92. The van der Waals surface area contributed by atoms with Gasteiger partial charge in [-0.25, -0.2) is 8.42 Å². The van der Waals surface area contributed by atoms with Gasteiger partial charge in [0.1, 0.15) is 0 Å². The maximum absolute atomic E-state index is 12.5. The Hall–Kier alpha value is -1.07. The van der Waals surface area contributed by atoms with Gasteiger partial charge in [-0.2, -0.15) is 0 Å². The van der Waals surface area contributed by atoms with Gasteiger partial charge in [-0.05, 0) is 43.4 Å². The Bertz CT molecular complexity index is 528. The van der Waals surface area contributed by atoms with Gasteiger partial charge in [0.15, 0.2) is 0 Å². The second-order valence-electron chi connectivity index (χ2n) is 5.28. The number of hydrogen-bond donors (Lipinski definition) is 1. The van der Waals surface area contributed by atoms with Gasteiger partial charge >= 0.3 is 0 Å². The van der Waals surface area contributed by atoms with Crippen molar-refractivity contribution in [3.05, 3.63) is 29.8 Å². The summed E-state index contributed by atoms with van der Waals surface area (Å²) in [5.74, 6) is 0.546. The number of nitrogens with zero attached hydrogens (tertiary/aromatic N) is 1. The molecule has 0 fully saturated rings. The summed E-state index contributed by atoms with van der Waals surface area (Å²) in [6.07, 6.45) is 2.33. The number of para-hydroxylation sites is 1. The molecule has 1 unspecified atom stereocenters. The summed E-state index contributed by atoms with van der Waals surface area (Å²) in [5, 5.41) is 0. The maximum Gasteiger partial charge on any atom is 0.235 e. The van der Waals surface area contributed by atoms with Crippen molar-refractivity contribution in [2.45, 2.75) is 26.2 Å². The fourth-order valence-electron chi connectivity index (χ4n) is 2.55. The van der Waals surface area contributed by atoms with Gasteiger partial charge in [0.05, 0.1) is 11.4 Å². The zero-order chi connectivity index (χ0) is 13.9. The van der Waals surface area contributed by atoms with Crippen molar-refractivity contribution in [2.75, 3.05) is 23.1 Å². The predicted molar refractivity (Wildman–Crippen MR) is 78.7 cm³/mol. The van der Waals surface area contributed by atoms with E-state index in [0.717, 1.165) is 24.1 Å². The maximum atomic E-state index is 12.5. The van der Waals surface area contributed by atoms with Crippen LogP contribution in [0.25, 0.3) is 0 Å². The topological polar surface area (TPSA) is 63.4 Å². The van der Waals surface area contributed by atoms with Crippen LogP contribution in [0.2, 0.25) is 0 Å². The molecule has 0 radical (unpaired) electrons. The van der Waals surface area contributed by atoms with Crippen LogP contribution in [0.5, 0.6) is 0 Å². The van der Waals surface area contributed by atoms with E-state index in [1.54, 1.807) is 4.31 Å². The molecule has 19 heavy (non-hydrogen) atoms. The van der Waals surface area contributed by atoms with Gasteiger partial charge < -0.3 is 5.73 Å². The smallest absolute Gasteiger partial charge is 0.235 e. The van der Waals surface area contributed by atoms with Crippen LogP contribution in [0.1, 0.15) is 25.3 Å². The number of hydrogen-bond acceptors (Lipinski definition) is 3. The molecule has 1 aromatic rings. The summed E-state index contributed by atoms with van der Waals surface area (Å²) in [6, 6.07) is 7.79. The Balaban J connectivity index is 2.24. The fourth-order valence-corrected chi connectivity index (χ4v) is 4.30. The van der Waals surface area contributed by atoms with Gasteiger partial charge in [0.2, 0.25) is 10.0 Å². The van der Waals surface area contributed by atoms with Crippen LogP contribution in [0.15, 0.2) is 24.3 Å². The summed E-state index contributed by atoms with van der Waals surface area (Å²) < 4.78 is 26.5. The highest BCUT2D eigenvalue weighted by Gasteiger charge is 2.29. The normalized spacial score (nSPS) is 19.3. The van der Waals surface area contributed by atoms with E-state index < -0.39 is 10.0 Å². The Morgan fingerprint density at radius 3 is 2.79 bits per heavy atom. The molecule has 0 aromatic heterocycles. The third-order valence-corrected chi connectivity index (χ3v) is 5.32. The molecule has 1 atom stereocenters. The number of unbranched alkanes of at least 4 members (excludes halogenated alkanes) is 1. The average Bonchev–Trinajstić information content (AvgIpc) is 2.38. The standard InChI is InChI=1S/C14H22N2O2S/c1-12-10-13-6-2-3-7-14(13)16(11-12)19(17,18)9-5-4-8-15/h2-3,6-7,12H,4-5,8-11,15H2,1H3. The molecule has 5 heteroatoms. The van der Waals surface area contributed by atoms with E-state index in [4.69, 9.17) is 5.73 Å². The monoisotopic (exact) mass is 282 g/mol. The molecule has 106 valence electrons. The average molecular weight is 282 g/mol. The van der Waals surface area contributed by atoms with Crippen molar-refractivity contribution in [1.82, 2.24) is 0 Å². The van der Waals surface area contributed by atoms with E-state index in [2.05, 4.69) is 6.92 Å². The lowest BCUT2D eigenvalue weighted by Crippen LogP contribution is -2.40. The number of sulfonamides is 1. The van der Waals surface area contributed by atoms with E-state index in [9.17, 15) is 8.42 Å². The van der Waals surface area contributed by atoms with Gasteiger partial charge in [0.25, 0.3) is 0 Å². The van der Waals surface area contributed by atoms with Gasteiger partial charge in [-0.3, -0.25) is 4.31 Å². The van der Waals surface area contributed by atoms with E-state index >= 15 is 0 Å². The highest BCUT2D eigenvalue weighted by molar-refractivity contribution is 7.92. The summed E-state index contributed by atoms with van der Waals surface area (Å²) in [6.45, 7) is 3.23. The van der Waals surface area contributed by atoms with E-state index in [1.807, 2.05) is 24.3 Å². The molecule has 1 heterocycles. The Labute approximate surface area is 115 Å². The Kier molecular flexibility index (Phi) is 4.47. The molecule has 4 nitrogen and oxygen atoms in total. The fraction of sp³-hybridized carbons (Fsp3) is 0.571. The van der Waals surface area contributed by atoms with Crippen LogP contribution in [-0.4, -0.2) is 27.3 Å². The molecule has 1 aromatic carbocycles. The lowest BCUT2D eigenvalue weighted by molar-refractivity contribution is 0.543. The zero-order valence-electron chi connectivity index (χ0n) is 11.4. The molecule has 0 spiro atoms. The SMILES string of the molecule is CC1Cc2ccccc2N(S(=O)(=O)CCCCN)C1. The van der Waals surface area contributed by atoms with Gasteiger partial charge in [0, 0.05) is 6.54 Å². The van der Waals surface area contributed by atoms with Crippen molar-refractivity contribution in [3.63, 3.8) is 0 Å².